The largest absolute Gasteiger partial charge is 0.490 e. The lowest BCUT2D eigenvalue weighted by atomic mass is 10.2. The van der Waals surface area contributed by atoms with Crippen LogP contribution in [-0.4, -0.2) is 37.5 Å². The Bertz CT molecular complexity index is 1560. The number of hydrogen-bond donors (Lipinski definition) is 2. The van der Waals surface area contributed by atoms with Crippen LogP contribution in [0, 0.1) is 0 Å². The summed E-state index contributed by atoms with van der Waals surface area (Å²) in [5.74, 6) is -0.483. The fourth-order valence-corrected chi connectivity index (χ4v) is 4.57. The van der Waals surface area contributed by atoms with Crippen LogP contribution in [0.4, 0.5) is 0 Å². The number of nitrogens with one attached hydrogen (secondary N) is 2. The first kappa shape index (κ1) is 33.8. The molecule has 0 unspecified atom stereocenters. The van der Waals surface area contributed by atoms with Gasteiger partial charge >= 0.3 is 11.8 Å². The Labute approximate surface area is 276 Å². The van der Waals surface area contributed by atoms with Crippen LogP contribution >= 0.6 is 23.2 Å². The van der Waals surface area contributed by atoms with E-state index in [0.717, 1.165) is 11.1 Å². The van der Waals surface area contributed by atoms with E-state index in [-0.39, 0.29) is 0 Å². The van der Waals surface area contributed by atoms with Crippen molar-refractivity contribution in [1.82, 2.24) is 10.9 Å². The van der Waals surface area contributed by atoms with Crippen LogP contribution in [0.5, 0.6) is 23.0 Å². The second-order valence-electron chi connectivity index (χ2n) is 9.47. The van der Waals surface area contributed by atoms with Gasteiger partial charge in [-0.25, -0.2) is 10.9 Å². The maximum Gasteiger partial charge on any atom is 0.331 e. The predicted molar refractivity (Wildman–Crippen MR) is 178 cm³/mol. The Morgan fingerprint density at radius 1 is 0.630 bits per heavy atom. The SMILES string of the molecule is CCOc1cc(/C=N/NC(=O)C(=O)N/N=C/c2cc(Cl)c(OCc3ccccc3)c(OCC)c2)cc(Cl)c1OCc1ccccc1. The third kappa shape index (κ3) is 9.98. The second kappa shape index (κ2) is 17.4. The minimum atomic E-state index is -1.04. The van der Waals surface area contributed by atoms with Crippen molar-refractivity contribution in [3.05, 3.63) is 117 Å². The van der Waals surface area contributed by atoms with E-state index in [4.69, 9.17) is 42.1 Å². The Hall–Kier alpha value is -5.06. The molecule has 0 atom stereocenters. The minimum absolute atomic E-state index is 0.296. The van der Waals surface area contributed by atoms with E-state index in [1.54, 1.807) is 24.3 Å². The van der Waals surface area contributed by atoms with E-state index in [1.807, 2.05) is 74.5 Å². The molecule has 0 aliphatic rings. The number of halogens is 2. The molecule has 0 aromatic heterocycles. The summed E-state index contributed by atoms with van der Waals surface area (Å²) in [5.41, 5.74) is 7.27. The summed E-state index contributed by atoms with van der Waals surface area (Å²) >= 11 is 12.9. The zero-order valence-corrected chi connectivity index (χ0v) is 26.7. The zero-order chi connectivity index (χ0) is 32.7. The van der Waals surface area contributed by atoms with Crippen LogP contribution in [0.25, 0.3) is 0 Å². The molecule has 4 aromatic rings. The molecule has 10 nitrogen and oxygen atoms in total. The van der Waals surface area contributed by atoms with E-state index >= 15 is 0 Å². The van der Waals surface area contributed by atoms with Gasteiger partial charge < -0.3 is 18.9 Å². The Morgan fingerprint density at radius 3 is 1.39 bits per heavy atom. The number of carbonyl (C=O) groups is 2. The standard InChI is InChI=1S/C34H32Cl2N4O6/c1-3-43-29-17-25(15-27(35)31(29)45-21-23-11-7-5-8-12-23)19-37-39-33(41)34(42)40-38-20-26-16-28(36)32(30(18-26)44-4-2)46-22-24-13-9-6-10-14-24/h5-20H,3-4,21-22H2,1-2H3,(H,39,41)(H,40,42)/b37-19+,38-20+. The van der Waals surface area contributed by atoms with Crippen molar-refractivity contribution in [2.75, 3.05) is 13.2 Å². The van der Waals surface area contributed by atoms with Gasteiger partial charge in [0, 0.05) is 0 Å². The third-order valence-electron chi connectivity index (χ3n) is 6.08. The molecule has 0 bridgehead atoms. The van der Waals surface area contributed by atoms with Crippen molar-refractivity contribution < 1.29 is 28.5 Å². The highest BCUT2D eigenvalue weighted by atomic mass is 35.5. The van der Waals surface area contributed by atoms with Crippen molar-refractivity contribution >= 4 is 47.4 Å². The molecule has 4 rings (SSSR count). The molecule has 0 aliphatic heterocycles. The third-order valence-corrected chi connectivity index (χ3v) is 6.64. The van der Waals surface area contributed by atoms with Gasteiger partial charge in [-0.3, -0.25) is 9.59 Å². The Balaban J connectivity index is 1.33. The lowest BCUT2D eigenvalue weighted by Crippen LogP contribution is -2.35. The minimum Gasteiger partial charge on any atom is -0.490 e. The summed E-state index contributed by atoms with van der Waals surface area (Å²) in [7, 11) is 0. The molecule has 0 heterocycles. The topological polar surface area (TPSA) is 120 Å². The fraction of sp³-hybridized carbons (Fsp3) is 0.176. The predicted octanol–water partition coefficient (Wildman–Crippen LogP) is 6.55. The molecule has 0 saturated carbocycles. The van der Waals surface area contributed by atoms with Gasteiger partial charge in [-0.15, -0.1) is 0 Å². The summed E-state index contributed by atoms with van der Waals surface area (Å²) in [5, 5.41) is 8.29. The van der Waals surface area contributed by atoms with Crippen LogP contribution in [0.3, 0.4) is 0 Å². The Morgan fingerprint density at radius 2 is 1.02 bits per heavy atom. The lowest BCUT2D eigenvalue weighted by Gasteiger charge is -2.14. The van der Waals surface area contributed by atoms with E-state index in [1.165, 1.54) is 12.4 Å². The molecule has 4 aromatic carbocycles. The monoisotopic (exact) mass is 662 g/mol. The van der Waals surface area contributed by atoms with Gasteiger partial charge in [0.25, 0.3) is 0 Å². The van der Waals surface area contributed by atoms with Gasteiger partial charge in [0.05, 0.1) is 35.7 Å². The molecule has 0 spiro atoms. The summed E-state index contributed by atoms with van der Waals surface area (Å²) in [6.45, 7) is 5.02. The first-order valence-electron chi connectivity index (χ1n) is 14.3. The molecule has 46 heavy (non-hydrogen) atoms. The summed E-state index contributed by atoms with van der Waals surface area (Å²) < 4.78 is 23.2. The van der Waals surface area contributed by atoms with E-state index < -0.39 is 11.8 Å². The maximum atomic E-state index is 12.3. The van der Waals surface area contributed by atoms with Crippen molar-refractivity contribution in [3.63, 3.8) is 0 Å². The van der Waals surface area contributed by atoms with Crippen LogP contribution in [0.15, 0.2) is 95.1 Å². The molecule has 2 N–H and O–H groups in total. The Kier molecular flexibility index (Phi) is 12.8. The lowest BCUT2D eigenvalue weighted by molar-refractivity contribution is -0.139. The van der Waals surface area contributed by atoms with Crippen molar-refractivity contribution in [1.29, 1.82) is 0 Å². The van der Waals surface area contributed by atoms with Gasteiger partial charge in [-0.2, -0.15) is 10.2 Å². The van der Waals surface area contributed by atoms with Crippen LogP contribution in [-0.2, 0) is 22.8 Å². The molecule has 0 saturated heterocycles. The van der Waals surface area contributed by atoms with Gasteiger partial charge in [0.15, 0.2) is 23.0 Å². The molecule has 12 heteroatoms. The molecule has 0 fully saturated rings. The number of ether oxygens (including phenoxy) is 4. The van der Waals surface area contributed by atoms with Crippen LogP contribution in [0.1, 0.15) is 36.1 Å². The van der Waals surface area contributed by atoms with Crippen molar-refractivity contribution in [2.45, 2.75) is 27.1 Å². The second-order valence-corrected chi connectivity index (χ2v) is 10.3. The van der Waals surface area contributed by atoms with E-state index in [0.29, 0.717) is 70.6 Å². The van der Waals surface area contributed by atoms with Gasteiger partial charge in [-0.1, -0.05) is 83.9 Å². The van der Waals surface area contributed by atoms with Gasteiger partial charge in [0.2, 0.25) is 0 Å². The number of rotatable bonds is 14. The highest BCUT2D eigenvalue weighted by molar-refractivity contribution is 6.35. The molecular formula is C34H32Cl2N4O6. The average Bonchev–Trinajstić information content (AvgIpc) is 3.05. The van der Waals surface area contributed by atoms with Gasteiger partial charge in [0.1, 0.15) is 13.2 Å². The molecule has 0 aliphatic carbocycles. The normalized spacial score (nSPS) is 11.0. The number of hydrazone groups is 2. The number of carbonyl (C=O) groups excluding carboxylic acids is 2. The van der Waals surface area contributed by atoms with Crippen molar-refractivity contribution in [2.24, 2.45) is 10.2 Å². The first-order valence-corrected chi connectivity index (χ1v) is 15.1. The molecule has 0 radical (unpaired) electrons. The number of nitrogens with zero attached hydrogens (tertiary/aromatic N) is 2. The first-order chi connectivity index (χ1) is 22.4. The number of hydrogen-bond acceptors (Lipinski definition) is 8. The van der Waals surface area contributed by atoms with Crippen molar-refractivity contribution in [3.8, 4) is 23.0 Å². The zero-order valence-electron chi connectivity index (χ0n) is 25.2. The molecule has 238 valence electrons. The highest BCUT2D eigenvalue weighted by Crippen LogP contribution is 2.38. The van der Waals surface area contributed by atoms with E-state index in [2.05, 4.69) is 21.1 Å². The van der Waals surface area contributed by atoms with E-state index in [9.17, 15) is 9.59 Å². The fourth-order valence-electron chi connectivity index (χ4n) is 4.02. The number of amides is 2. The summed E-state index contributed by atoms with van der Waals surface area (Å²) in [6.07, 6.45) is 2.64. The highest BCUT2D eigenvalue weighted by Gasteiger charge is 2.15. The van der Waals surface area contributed by atoms with Crippen LogP contribution < -0.4 is 29.8 Å². The van der Waals surface area contributed by atoms with Crippen LogP contribution in [0.2, 0.25) is 10.0 Å². The van der Waals surface area contributed by atoms with Gasteiger partial charge in [-0.05, 0) is 60.4 Å². The number of benzene rings is 4. The maximum absolute atomic E-state index is 12.3. The quantitative estimate of drug-likeness (QED) is 0.0898. The average molecular weight is 664 g/mol. The molecule has 2 amide bonds. The summed E-state index contributed by atoms with van der Waals surface area (Å²) in [6, 6.07) is 25.8. The smallest absolute Gasteiger partial charge is 0.331 e. The summed E-state index contributed by atoms with van der Waals surface area (Å²) in [4.78, 5) is 24.5. The molecular weight excluding hydrogens is 631 g/mol.